The SMILES string of the molecule is C=CCO[C@@]12Oc3ccc(Oc4cccc(C=O)c4)cc3[C@H]3[C@H](CCCCO)[C@@H](CCCCO)C=C(C(=NOC)C[C@@H]1N(CCOCCO)C(=O)CCCCCCCCCCC)[C@H]32. The zero-order valence-electron chi connectivity index (χ0n) is 37.9. The number of carbonyl (C=O) groups excluding carboxylic acids is 2. The molecule has 0 saturated heterocycles. The fourth-order valence-corrected chi connectivity index (χ4v) is 10.1. The molecule has 1 saturated carbocycles. The smallest absolute Gasteiger partial charge is 0.239 e. The Morgan fingerprint density at radius 3 is 2.33 bits per heavy atom. The second kappa shape index (κ2) is 26.7. The van der Waals surface area contributed by atoms with E-state index in [0.29, 0.717) is 48.5 Å². The predicted molar refractivity (Wildman–Crippen MR) is 245 cm³/mol. The average molecular weight is 875 g/mol. The lowest BCUT2D eigenvalue weighted by atomic mass is 9.55. The molecular weight excluding hydrogens is 801 g/mol. The number of aliphatic hydroxyl groups is 3. The van der Waals surface area contributed by atoms with Crippen LogP contribution >= 0.6 is 0 Å². The highest BCUT2D eigenvalue weighted by molar-refractivity contribution is 6.03. The highest BCUT2D eigenvalue weighted by Crippen LogP contribution is 2.62. The number of aliphatic hydroxyl groups excluding tert-OH is 3. The van der Waals surface area contributed by atoms with Crippen molar-refractivity contribution in [2.45, 2.75) is 134 Å². The number of hydrogen-bond acceptors (Lipinski definition) is 11. The van der Waals surface area contributed by atoms with Gasteiger partial charge in [0.05, 0.1) is 38.1 Å². The van der Waals surface area contributed by atoms with Crippen LogP contribution in [0.15, 0.2) is 71.9 Å². The molecule has 2 aromatic carbocycles. The minimum atomic E-state index is -1.39. The lowest BCUT2D eigenvalue weighted by Crippen LogP contribution is -2.70. The molecule has 6 atom stereocenters. The van der Waals surface area contributed by atoms with E-state index in [-0.39, 0.29) is 69.8 Å². The highest BCUT2D eigenvalue weighted by Gasteiger charge is 2.65. The summed E-state index contributed by atoms with van der Waals surface area (Å²) in [5, 5.41) is 34.1. The number of aldehydes is 1. The molecule has 1 heterocycles. The van der Waals surface area contributed by atoms with Gasteiger partial charge in [0.1, 0.15) is 36.7 Å². The molecule has 1 fully saturated rings. The summed E-state index contributed by atoms with van der Waals surface area (Å²) >= 11 is 0. The second-order valence-electron chi connectivity index (χ2n) is 17.2. The minimum absolute atomic E-state index is 0.0225. The number of rotatable bonds is 31. The van der Waals surface area contributed by atoms with Crippen LogP contribution in [0, 0.1) is 17.8 Å². The summed E-state index contributed by atoms with van der Waals surface area (Å²) in [5.74, 6) is -0.218. The molecule has 1 aliphatic heterocycles. The van der Waals surface area contributed by atoms with Gasteiger partial charge in [-0.1, -0.05) is 101 Å². The number of amides is 1. The molecule has 12 heteroatoms. The second-order valence-corrected chi connectivity index (χ2v) is 17.2. The van der Waals surface area contributed by atoms with Crippen LogP contribution in [-0.2, 0) is 19.1 Å². The van der Waals surface area contributed by atoms with Crippen molar-refractivity contribution >= 4 is 17.9 Å². The molecule has 0 radical (unpaired) electrons. The summed E-state index contributed by atoms with van der Waals surface area (Å²) in [6.45, 7) is 7.10. The van der Waals surface area contributed by atoms with Crippen molar-refractivity contribution in [3.8, 4) is 17.2 Å². The summed E-state index contributed by atoms with van der Waals surface area (Å²) < 4.78 is 26.7. The Bertz CT molecular complexity index is 1780. The topological polar surface area (TPSA) is 157 Å². The molecule has 2 aliphatic carbocycles. The van der Waals surface area contributed by atoms with Gasteiger partial charge < -0.3 is 44.0 Å². The van der Waals surface area contributed by atoms with Gasteiger partial charge in [0.25, 0.3) is 0 Å². The van der Waals surface area contributed by atoms with Crippen LogP contribution in [0.2, 0.25) is 0 Å². The minimum Gasteiger partial charge on any atom is -0.459 e. The fourth-order valence-electron chi connectivity index (χ4n) is 10.1. The van der Waals surface area contributed by atoms with Gasteiger partial charge in [0.2, 0.25) is 11.7 Å². The molecule has 0 unspecified atom stereocenters. The Hall–Kier alpha value is -4.07. The Balaban J connectivity index is 1.63. The number of oxime groups is 1. The maximum Gasteiger partial charge on any atom is 0.239 e. The van der Waals surface area contributed by atoms with Crippen LogP contribution in [0.25, 0.3) is 0 Å². The highest BCUT2D eigenvalue weighted by atomic mass is 16.7. The fraction of sp³-hybridized carbons (Fsp3) is 0.627. The molecule has 0 aromatic heterocycles. The summed E-state index contributed by atoms with van der Waals surface area (Å²) in [6.07, 6.45) is 20.3. The summed E-state index contributed by atoms with van der Waals surface area (Å²) in [4.78, 5) is 33.9. The molecule has 3 aliphatic rings. The standard InChI is InChI=1S/C51H74N2O10/c1-4-6-7-8-9-10-11-12-13-23-48(58)53(26-31-60-32-29-56)47-36-45(52-59-3)43-34-39(20-14-16-27-54)42(22-15-17-28-55)49-44-35-41(62-40-21-18-19-38(33-40)37-57)24-25-46(44)63-51(47,50(43)49)61-30-5-2/h5,18-19,21,24-25,33-35,37,39,42,47,49-50,54-56H,2,4,6-17,20,22-23,26-32,36H2,1,3H3/t39-,42+,47-,49+,50+,51+/m0/s1. The van der Waals surface area contributed by atoms with Gasteiger partial charge in [-0.2, -0.15) is 0 Å². The van der Waals surface area contributed by atoms with Crippen LogP contribution in [0.4, 0.5) is 0 Å². The summed E-state index contributed by atoms with van der Waals surface area (Å²) in [5.41, 5.74) is 3.11. The average Bonchev–Trinajstić information content (AvgIpc) is 3.29. The van der Waals surface area contributed by atoms with E-state index in [1.807, 2.05) is 29.2 Å². The normalized spacial score (nSPS) is 23.0. The van der Waals surface area contributed by atoms with E-state index in [0.717, 1.165) is 68.1 Å². The van der Waals surface area contributed by atoms with Gasteiger partial charge in [0.15, 0.2) is 0 Å². The van der Waals surface area contributed by atoms with Crippen molar-refractivity contribution in [3.05, 3.63) is 77.9 Å². The molecule has 3 N–H and O–H groups in total. The van der Waals surface area contributed by atoms with Crippen molar-refractivity contribution in [2.75, 3.05) is 53.3 Å². The third-order valence-corrected chi connectivity index (χ3v) is 13.0. The van der Waals surface area contributed by atoms with Gasteiger partial charge in [-0.3, -0.25) is 9.59 Å². The lowest BCUT2D eigenvalue weighted by Gasteiger charge is -2.60. The number of hydrogen-bond donors (Lipinski definition) is 3. The van der Waals surface area contributed by atoms with Crippen molar-refractivity contribution in [1.29, 1.82) is 0 Å². The Kier molecular flexibility index (Phi) is 21.1. The summed E-state index contributed by atoms with van der Waals surface area (Å²) in [6, 6.07) is 12.2. The van der Waals surface area contributed by atoms with E-state index < -0.39 is 17.7 Å². The first kappa shape index (κ1) is 49.9. The molecule has 2 aromatic rings. The van der Waals surface area contributed by atoms with E-state index >= 15 is 0 Å². The van der Waals surface area contributed by atoms with Crippen LogP contribution in [0.5, 0.6) is 17.2 Å². The van der Waals surface area contributed by atoms with E-state index in [1.165, 1.54) is 38.5 Å². The van der Waals surface area contributed by atoms with Crippen molar-refractivity contribution in [2.24, 2.45) is 22.9 Å². The molecule has 0 spiro atoms. The van der Waals surface area contributed by atoms with Gasteiger partial charge in [-0.15, -0.1) is 6.58 Å². The maximum absolute atomic E-state index is 14.8. The number of allylic oxidation sites excluding steroid dienone is 1. The predicted octanol–water partition coefficient (Wildman–Crippen LogP) is 9.31. The molecular formula is C51H74N2O10. The maximum atomic E-state index is 14.8. The van der Waals surface area contributed by atoms with Gasteiger partial charge in [-0.25, -0.2) is 0 Å². The quantitative estimate of drug-likeness (QED) is 0.0289. The van der Waals surface area contributed by atoms with E-state index in [2.05, 4.69) is 19.6 Å². The monoisotopic (exact) mass is 875 g/mol. The Morgan fingerprint density at radius 2 is 1.63 bits per heavy atom. The van der Waals surface area contributed by atoms with Crippen LogP contribution < -0.4 is 9.47 Å². The van der Waals surface area contributed by atoms with Crippen molar-refractivity contribution in [3.63, 3.8) is 0 Å². The number of fused-ring (bicyclic) bond motifs is 2. The lowest BCUT2D eigenvalue weighted by molar-refractivity contribution is -0.258. The first-order valence-corrected chi connectivity index (χ1v) is 23.7. The molecule has 0 bridgehead atoms. The van der Waals surface area contributed by atoms with Crippen LogP contribution in [-0.4, -0.2) is 103 Å². The third kappa shape index (κ3) is 13.3. The Morgan fingerprint density at radius 1 is 0.905 bits per heavy atom. The zero-order valence-corrected chi connectivity index (χ0v) is 37.9. The van der Waals surface area contributed by atoms with Crippen molar-refractivity contribution in [1.82, 2.24) is 4.90 Å². The molecule has 12 nitrogen and oxygen atoms in total. The number of benzene rings is 2. The van der Waals surface area contributed by atoms with E-state index in [9.17, 15) is 24.9 Å². The first-order chi connectivity index (χ1) is 30.9. The molecule has 5 rings (SSSR count). The van der Waals surface area contributed by atoms with Crippen LogP contribution in [0.1, 0.15) is 138 Å². The first-order valence-electron chi connectivity index (χ1n) is 23.7. The molecule has 348 valence electrons. The van der Waals surface area contributed by atoms with E-state index in [1.54, 1.807) is 31.4 Å². The van der Waals surface area contributed by atoms with E-state index in [4.69, 9.17) is 28.9 Å². The molecule has 63 heavy (non-hydrogen) atoms. The van der Waals surface area contributed by atoms with Crippen LogP contribution in [0.3, 0.4) is 0 Å². The molecule has 1 amide bonds. The number of unbranched alkanes of at least 4 members (excludes halogenated alkanes) is 10. The zero-order chi connectivity index (χ0) is 44.9. The summed E-state index contributed by atoms with van der Waals surface area (Å²) in [7, 11) is 1.54. The number of nitrogens with zero attached hydrogens (tertiary/aromatic N) is 2. The van der Waals surface area contributed by atoms with Crippen molar-refractivity contribution < 1.29 is 48.7 Å². The van der Waals surface area contributed by atoms with Gasteiger partial charge in [0, 0.05) is 49.6 Å². The van der Waals surface area contributed by atoms with Gasteiger partial charge >= 0.3 is 0 Å². The third-order valence-electron chi connectivity index (χ3n) is 13.0. The number of ether oxygens (including phenoxy) is 4. The number of carbonyl (C=O) groups is 2. The largest absolute Gasteiger partial charge is 0.459 e. The van der Waals surface area contributed by atoms with Gasteiger partial charge in [-0.05, 0) is 79.8 Å². The Labute approximate surface area is 375 Å².